The summed E-state index contributed by atoms with van der Waals surface area (Å²) in [5.41, 5.74) is -0.0214. The Kier molecular flexibility index (Phi) is 5.07. The molecule has 0 spiro atoms. The second kappa shape index (κ2) is 7.41. The number of ether oxygens (including phenoxy) is 1. The van der Waals surface area contributed by atoms with Gasteiger partial charge in [-0.1, -0.05) is 0 Å². The quantitative estimate of drug-likeness (QED) is 0.641. The molecule has 0 radical (unpaired) electrons. The number of anilines is 1. The van der Waals surface area contributed by atoms with Crippen molar-refractivity contribution >= 4 is 11.5 Å². The Labute approximate surface area is 139 Å². The highest BCUT2D eigenvalue weighted by molar-refractivity contribution is 5.40. The van der Waals surface area contributed by atoms with Gasteiger partial charge in [-0.25, -0.2) is 4.98 Å². The predicted molar refractivity (Wildman–Crippen MR) is 88.0 cm³/mol. The minimum atomic E-state index is -0.459. The fraction of sp³-hybridized carbons (Fsp3) is 0.438. The zero-order valence-electron chi connectivity index (χ0n) is 13.5. The molecule has 3 rings (SSSR count). The highest BCUT2D eigenvalue weighted by Crippen LogP contribution is 2.24. The average molecular weight is 332 g/mol. The Morgan fingerprint density at radius 1 is 1.33 bits per heavy atom. The maximum absolute atomic E-state index is 10.7. The van der Waals surface area contributed by atoms with Crippen molar-refractivity contribution < 1.29 is 14.1 Å². The van der Waals surface area contributed by atoms with Crippen LogP contribution in [0.15, 0.2) is 34.9 Å². The molecular formula is C16H20N4O4. The first kappa shape index (κ1) is 16.4. The highest BCUT2D eigenvalue weighted by Gasteiger charge is 2.25. The SMILES string of the molecule is Cc1ccc(C(CNc2ccc([N+](=O)[O-])cn2)N2CCOCC2)o1. The van der Waals surface area contributed by atoms with E-state index in [-0.39, 0.29) is 11.7 Å². The number of pyridine rings is 1. The summed E-state index contributed by atoms with van der Waals surface area (Å²) in [5, 5.41) is 13.9. The number of morpholine rings is 1. The molecule has 0 saturated carbocycles. The second-order valence-electron chi connectivity index (χ2n) is 5.65. The first-order valence-electron chi connectivity index (χ1n) is 7.86. The Bertz CT molecular complexity index is 680. The summed E-state index contributed by atoms with van der Waals surface area (Å²) in [6.07, 6.45) is 1.25. The summed E-state index contributed by atoms with van der Waals surface area (Å²) in [6.45, 7) is 5.58. The third kappa shape index (κ3) is 3.90. The van der Waals surface area contributed by atoms with Gasteiger partial charge >= 0.3 is 0 Å². The van der Waals surface area contributed by atoms with Crippen LogP contribution in [0.3, 0.4) is 0 Å². The van der Waals surface area contributed by atoms with Gasteiger partial charge in [-0.2, -0.15) is 0 Å². The van der Waals surface area contributed by atoms with Crippen LogP contribution in [0.2, 0.25) is 0 Å². The minimum Gasteiger partial charge on any atom is -0.465 e. The lowest BCUT2D eigenvalue weighted by atomic mass is 10.1. The Morgan fingerprint density at radius 3 is 2.71 bits per heavy atom. The molecule has 0 aliphatic carbocycles. The summed E-state index contributed by atoms with van der Waals surface area (Å²) in [7, 11) is 0. The molecule has 1 aliphatic rings. The van der Waals surface area contributed by atoms with Crippen LogP contribution >= 0.6 is 0 Å². The molecule has 0 amide bonds. The maximum atomic E-state index is 10.7. The Balaban J connectivity index is 1.70. The van der Waals surface area contributed by atoms with Crippen LogP contribution < -0.4 is 5.32 Å². The van der Waals surface area contributed by atoms with Crippen LogP contribution in [0.1, 0.15) is 17.6 Å². The first-order valence-corrected chi connectivity index (χ1v) is 7.86. The number of hydrogen-bond acceptors (Lipinski definition) is 7. The molecule has 128 valence electrons. The molecule has 1 saturated heterocycles. The summed E-state index contributed by atoms with van der Waals surface area (Å²) in [6, 6.07) is 7.05. The second-order valence-corrected chi connectivity index (χ2v) is 5.65. The van der Waals surface area contributed by atoms with Gasteiger partial charge < -0.3 is 14.5 Å². The van der Waals surface area contributed by atoms with Gasteiger partial charge in [0.05, 0.1) is 24.2 Å². The van der Waals surface area contributed by atoms with Crippen LogP contribution in [0, 0.1) is 17.0 Å². The van der Waals surface area contributed by atoms with E-state index >= 15 is 0 Å². The first-order chi connectivity index (χ1) is 11.6. The van der Waals surface area contributed by atoms with E-state index in [0.717, 1.165) is 24.6 Å². The zero-order valence-corrected chi connectivity index (χ0v) is 13.5. The molecule has 1 unspecified atom stereocenters. The minimum absolute atomic E-state index is 0.0214. The van der Waals surface area contributed by atoms with Gasteiger partial charge in [0.1, 0.15) is 23.5 Å². The lowest BCUT2D eigenvalue weighted by molar-refractivity contribution is -0.385. The Hall–Kier alpha value is -2.45. The van der Waals surface area contributed by atoms with E-state index in [1.54, 1.807) is 6.07 Å². The number of aromatic nitrogens is 1. The molecule has 8 heteroatoms. The van der Waals surface area contributed by atoms with Gasteiger partial charge in [-0.15, -0.1) is 0 Å². The molecule has 1 N–H and O–H groups in total. The van der Waals surface area contributed by atoms with Crippen LogP contribution in [0.25, 0.3) is 0 Å². The number of rotatable bonds is 6. The van der Waals surface area contributed by atoms with Crippen molar-refractivity contribution in [3.05, 3.63) is 52.1 Å². The third-order valence-corrected chi connectivity index (χ3v) is 4.01. The molecule has 0 bridgehead atoms. The van der Waals surface area contributed by atoms with Gasteiger partial charge in [0.15, 0.2) is 0 Å². The smallest absolute Gasteiger partial charge is 0.287 e. The summed E-state index contributed by atoms with van der Waals surface area (Å²) < 4.78 is 11.2. The molecule has 1 aliphatic heterocycles. The van der Waals surface area contributed by atoms with Crippen molar-refractivity contribution in [1.29, 1.82) is 0 Å². The van der Waals surface area contributed by atoms with Crippen molar-refractivity contribution in [2.45, 2.75) is 13.0 Å². The number of nitro groups is 1. The van der Waals surface area contributed by atoms with Crippen LogP contribution in [-0.4, -0.2) is 47.7 Å². The monoisotopic (exact) mass is 332 g/mol. The third-order valence-electron chi connectivity index (χ3n) is 4.01. The lowest BCUT2D eigenvalue weighted by Gasteiger charge is -2.33. The van der Waals surface area contributed by atoms with Crippen molar-refractivity contribution in [3.63, 3.8) is 0 Å². The van der Waals surface area contributed by atoms with E-state index in [1.165, 1.54) is 12.3 Å². The zero-order chi connectivity index (χ0) is 16.9. The fourth-order valence-electron chi connectivity index (χ4n) is 2.73. The van der Waals surface area contributed by atoms with E-state index in [1.807, 2.05) is 19.1 Å². The summed E-state index contributed by atoms with van der Waals surface area (Å²) in [5.74, 6) is 2.36. The topological polar surface area (TPSA) is 93.7 Å². The van der Waals surface area contributed by atoms with Crippen molar-refractivity contribution in [2.24, 2.45) is 0 Å². The molecular weight excluding hydrogens is 312 g/mol. The number of furan rings is 1. The van der Waals surface area contributed by atoms with Crippen molar-refractivity contribution in [3.8, 4) is 0 Å². The number of nitrogens with one attached hydrogen (secondary N) is 1. The largest absolute Gasteiger partial charge is 0.465 e. The number of nitrogens with zero attached hydrogens (tertiary/aromatic N) is 3. The lowest BCUT2D eigenvalue weighted by Crippen LogP contribution is -2.41. The summed E-state index contributed by atoms with van der Waals surface area (Å²) >= 11 is 0. The van der Waals surface area contributed by atoms with Gasteiger partial charge in [0.2, 0.25) is 0 Å². The normalized spacial score (nSPS) is 16.7. The summed E-state index contributed by atoms with van der Waals surface area (Å²) in [4.78, 5) is 16.6. The van der Waals surface area contributed by atoms with Crippen LogP contribution in [-0.2, 0) is 4.74 Å². The number of hydrogen-bond donors (Lipinski definition) is 1. The molecule has 2 aromatic heterocycles. The standard InChI is InChI=1S/C16H20N4O4/c1-12-2-4-15(24-12)14(19-6-8-23-9-7-19)11-18-16-5-3-13(10-17-16)20(21)22/h2-5,10,14H,6-9,11H2,1H3,(H,17,18). The molecule has 8 nitrogen and oxygen atoms in total. The van der Waals surface area contributed by atoms with Crippen molar-refractivity contribution in [2.75, 3.05) is 38.2 Å². The number of aryl methyl sites for hydroxylation is 1. The molecule has 0 aromatic carbocycles. The fourth-order valence-corrected chi connectivity index (χ4v) is 2.73. The molecule has 1 atom stereocenters. The maximum Gasteiger partial charge on any atom is 0.287 e. The molecule has 1 fully saturated rings. The Morgan fingerprint density at radius 2 is 2.12 bits per heavy atom. The van der Waals surface area contributed by atoms with E-state index < -0.39 is 4.92 Å². The average Bonchev–Trinajstić information content (AvgIpc) is 3.02. The highest BCUT2D eigenvalue weighted by atomic mass is 16.6. The van der Waals surface area contributed by atoms with E-state index in [0.29, 0.717) is 25.6 Å². The van der Waals surface area contributed by atoms with Gasteiger partial charge in [-0.3, -0.25) is 15.0 Å². The van der Waals surface area contributed by atoms with Crippen LogP contribution in [0.4, 0.5) is 11.5 Å². The van der Waals surface area contributed by atoms with Gasteiger partial charge in [0, 0.05) is 25.7 Å². The molecule has 2 aromatic rings. The van der Waals surface area contributed by atoms with Gasteiger partial charge in [-0.05, 0) is 25.1 Å². The van der Waals surface area contributed by atoms with E-state index in [2.05, 4.69) is 15.2 Å². The molecule has 24 heavy (non-hydrogen) atoms. The molecule has 3 heterocycles. The van der Waals surface area contributed by atoms with E-state index in [4.69, 9.17) is 9.15 Å². The van der Waals surface area contributed by atoms with E-state index in [9.17, 15) is 10.1 Å². The van der Waals surface area contributed by atoms with Crippen LogP contribution in [0.5, 0.6) is 0 Å². The van der Waals surface area contributed by atoms with Crippen molar-refractivity contribution in [1.82, 2.24) is 9.88 Å². The van der Waals surface area contributed by atoms with Gasteiger partial charge in [0.25, 0.3) is 5.69 Å². The predicted octanol–water partition coefficient (Wildman–Crippen LogP) is 2.38.